The molecule has 0 saturated carbocycles. The van der Waals surface area contributed by atoms with Gasteiger partial charge in [-0.05, 0) is 18.1 Å². The van der Waals surface area contributed by atoms with E-state index in [1.807, 2.05) is 5.32 Å². The van der Waals surface area contributed by atoms with Crippen molar-refractivity contribution in [2.75, 3.05) is 19.8 Å². The molecule has 0 bridgehead atoms. The fourth-order valence-electron chi connectivity index (χ4n) is 3.22. The minimum Gasteiger partial charge on any atom is -0.506 e. The van der Waals surface area contributed by atoms with Crippen LogP contribution in [0.4, 0.5) is 13.2 Å². The van der Waals surface area contributed by atoms with E-state index in [1.165, 1.54) is 0 Å². The van der Waals surface area contributed by atoms with Gasteiger partial charge in [-0.3, -0.25) is 19.0 Å². The average Bonchev–Trinajstić information content (AvgIpc) is 3.17. The Hall–Kier alpha value is -3.15. The van der Waals surface area contributed by atoms with E-state index in [0.29, 0.717) is 11.0 Å². The zero-order chi connectivity index (χ0) is 21.5. The predicted molar refractivity (Wildman–Crippen MR) is 91.8 cm³/mol. The van der Waals surface area contributed by atoms with Gasteiger partial charge in [-0.2, -0.15) is 13.2 Å². The number of aromatic hydroxyl groups is 1. The van der Waals surface area contributed by atoms with Crippen LogP contribution in [0, 0.1) is 0 Å². The normalized spacial score (nSPS) is 16.9. The van der Waals surface area contributed by atoms with Crippen molar-refractivity contribution in [2.24, 2.45) is 7.05 Å². The molecule has 0 radical (unpaired) electrons. The third-order valence-corrected chi connectivity index (χ3v) is 4.63. The van der Waals surface area contributed by atoms with E-state index in [0.717, 1.165) is 13.1 Å². The molecule has 9 nitrogen and oxygen atoms in total. The number of fused-ring (bicyclic) bond motifs is 1. The van der Waals surface area contributed by atoms with Crippen molar-refractivity contribution in [3.8, 4) is 5.75 Å². The maximum absolute atomic E-state index is 13.6. The molecule has 3 heterocycles. The number of ether oxygens (including phenoxy) is 1. The Morgan fingerprint density at radius 1 is 1.41 bits per heavy atom. The van der Waals surface area contributed by atoms with E-state index in [1.54, 1.807) is 0 Å². The van der Waals surface area contributed by atoms with Gasteiger partial charge in [0.2, 0.25) is 0 Å². The molecule has 156 valence electrons. The molecule has 2 aromatic rings. The number of carbonyl (C=O) groups is 2. The van der Waals surface area contributed by atoms with E-state index in [-0.39, 0.29) is 24.2 Å². The molecule has 3 rings (SSSR count). The predicted octanol–water partition coefficient (Wildman–Crippen LogP) is 0.976. The van der Waals surface area contributed by atoms with E-state index in [4.69, 9.17) is 9.84 Å². The summed E-state index contributed by atoms with van der Waals surface area (Å²) in [6.45, 7) is -0.508. The first-order valence-electron chi connectivity index (χ1n) is 8.44. The number of halogens is 3. The molecule has 12 heteroatoms. The molecule has 1 amide bonds. The summed E-state index contributed by atoms with van der Waals surface area (Å²) in [5.74, 6) is -4.04. The lowest BCUT2D eigenvalue weighted by atomic mass is 9.95. The molecule has 1 aliphatic heterocycles. The Morgan fingerprint density at radius 2 is 2.10 bits per heavy atom. The molecule has 1 saturated heterocycles. The highest BCUT2D eigenvalue weighted by Crippen LogP contribution is 2.39. The SMILES string of the molecule is Cn1c(=O)c(C(=O)NCC(=O)O)c(O)c2cc([C@@H]3CCOC3)c(C(F)(F)F)nc21. The number of amides is 1. The van der Waals surface area contributed by atoms with Crippen LogP contribution in [0.25, 0.3) is 11.0 Å². The minimum absolute atomic E-state index is 0.0365. The molecule has 1 atom stereocenters. The summed E-state index contributed by atoms with van der Waals surface area (Å²) in [5, 5.41) is 20.8. The largest absolute Gasteiger partial charge is 0.506 e. The first-order chi connectivity index (χ1) is 13.5. The monoisotopic (exact) mass is 415 g/mol. The Labute approximate surface area is 160 Å². The van der Waals surface area contributed by atoms with Gasteiger partial charge in [-0.15, -0.1) is 0 Å². The van der Waals surface area contributed by atoms with Crippen molar-refractivity contribution in [1.29, 1.82) is 0 Å². The van der Waals surface area contributed by atoms with Crippen LogP contribution in [-0.4, -0.2) is 51.4 Å². The highest BCUT2D eigenvalue weighted by atomic mass is 19.4. The topological polar surface area (TPSA) is 131 Å². The molecule has 29 heavy (non-hydrogen) atoms. The maximum Gasteiger partial charge on any atom is 0.433 e. The molecule has 2 aromatic heterocycles. The van der Waals surface area contributed by atoms with Crippen molar-refractivity contribution in [3.63, 3.8) is 0 Å². The second-order valence-electron chi connectivity index (χ2n) is 6.52. The number of pyridine rings is 2. The smallest absolute Gasteiger partial charge is 0.433 e. The van der Waals surface area contributed by atoms with Crippen LogP contribution in [0.1, 0.15) is 34.0 Å². The number of alkyl halides is 3. The molecular formula is C17H16F3N3O6. The third kappa shape index (κ3) is 3.75. The van der Waals surface area contributed by atoms with Crippen LogP contribution in [0.3, 0.4) is 0 Å². The van der Waals surface area contributed by atoms with Crippen molar-refractivity contribution in [3.05, 3.63) is 33.2 Å². The lowest BCUT2D eigenvalue weighted by molar-refractivity contribution is -0.142. The van der Waals surface area contributed by atoms with Crippen molar-refractivity contribution in [2.45, 2.75) is 18.5 Å². The summed E-state index contributed by atoms with van der Waals surface area (Å²) in [4.78, 5) is 38.8. The number of aryl methyl sites for hydroxylation is 1. The van der Waals surface area contributed by atoms with Gasteiger partial charge >= 0.3 is 12.1 Å². The van der Waals surface area contributed by atoms with Crippen LogP contribution < -0.4 is 10.9 Å². The summed E-state index contributed by atoms with van der Waals surface area (Å²) in [6.07, 6.45) is -4.50. The first-order valence-corrected chi connectivity index (χ1v) is 8.44. The Kier molecular flexibility index (Phi) is 5.22. The van der Waals surface area contributed by atoms with Gasteiger partial charge in [0.15, 0.2) is 0 Å². The standard InChI is InChI=1S/C17H16F3N3O6/c1-23-14-9(12(26)11(16(23)28)15(27)21-5-10(24)25)4-8(7-2-3-29-6-7)13(22-14)17(18,19)20/h4,7,26H,2-3,5-6H2,1H3,(H,21,27)(H,24,25)/t7-/m1/s1. The lowest BCUT2D eigenvalue weighted by Crippen LogP contribution is -2.35. The number of nitrogens with zero attached hydrogens (tertiary/aromatic N) is 2. The molecule has 1 aliphatic rings. The fourth-order valence-corrected chi connectivity index (χ4v) is 3.22. The van der Waals surface area contributed by atoms with Crippen LogP contribution in [0.15, 0.2) is 10.9 Å². The number of carboxylic acids is 1. The third-order valence-electron chi connectivity index (χ3n) is 4.63. The molecular weight excluding hydrogens is 399 g/mol. The highest BCUT2D eigenvalue weighted by molar-refractivity contribution is 6.02. The van der Waals surface area contributed by atoms with Gasteiger partial charge in [0, 0.05) is 19.6 Å². The molecule has 3 N–H and O–H groups in total. The van der Waals surface area contributed by atoms with E-state index in [2.05, 4.69) is 4.98 Å². The lowest BCUT2D eigenvalue weighted by Gasteiger charge is -2.19. The molecule has 0 spiro atoms. The second kappa shape index (κ2) is 7.35. The minimum atomic E-state index is -4.81. The van der Waals surface area contributed by atoms with E-state index < -0.39 is 58.7 Å². The Balaban J connectivity index is 2.27. The van der Waals surface area contributed by atoms with Crippen molar-refractivity contribution >= 4 is 22.9 Å². The number of hydrogen-bond acceptors (Lipinski definition) is 6. The van der Waals surface area contributed by atoms with Crippen LogP contribution >= 0.6 is 0 Å². The number of hydrogen-bond donors (Lipinski definition) is 3. The van der Waals surface area contributed by atoms with Gasteiger partial charge in [0.1, 0.15) is 29.2 Å². The fraction of sp³-hybridized carbons (Fsp3) is 0.412. The van der Waals surface area contributed by atoms with Crippen LogP contribution in [-0.2, 0) is 22.8 Å². The summed E-state index contributed by atoms with van der Waals surface area (Å²) >= 11 is 0. The quantitative estimate of drug-likeness (QED) is 0.678. The maximum atomic E-state index is 13.6. The molecule has 1 fully saturated rings. The average molecular weight is 415 g/mol. The van der Waals surface area contributed by atoms with Gasteiger partial charge in [0.05, 0.1) is 12.0 Å². The summed E-state index contributed by atoms with van der Waals surface area (Å²) in [5.41, 5.74) is -3.77. The van der Waals surface area contributed by atoms with Gasteiger partial charge < -0.3 is 20.3 Å². The number of carboxylic acid groups (broad SMARTS) is 1. The van der Waals surface area contributed by atoms with E-state index in [9.17, 15) is 32.7 Å². The van der Waals surface area contributed by atoms with Crippen molar-refractivity contribution < 1.29 is 37.7 Å². The van der Waals surface area contributed by atoms with Crippen LogP contribution in [0.5, 0.6) is 5.75 Å². The zero-order valence-corrected chi connectivity index (χ0v) is 15.0. The van der Waals surface area contributed by atoms with Gasteiger partial charge in [-0.25, -0.2) is 4.98 Å². The molecule has 0 unspecified atom stereocenters. The molecule has 0 aliphatic carbocycles. The summed E-state index contributed by atoms with van der Waals surface area (Å²) in [6, 6.07) is 1.05. The van der Waals surface area contributed by atoms with Gasteiger partial charge in [-0.1, -0.05) is 0 Å². The number of rotatable bonds is 4. The molecule has 0 aromatic carbocycles. The highest BCUT2D eigenvalue weighted by Gasteiger charge is 2.39. The van der Waals surface area contributed by atoms with Crippen LogP contribution in [0.2, 0.25) is 0 Å². The Bertz CT molecular complexity index is 1060. The Morgan fingerprint density at radius 3 is 2.66 bits per heavy atom. The first kappa shape index (κ1) is 20.6. The summed E-state index contributed by atoms with van der Waals surface area (Å²) in [7, 11) is 1.10. The zero-order valence-electron chi connectivity index (χ0n) is 15.0. The van der Waals surface area contributed by atoms with Gasteiger partial charge in [0.25, 0.3) is 11.5 Å². The van der Waals surface area contributed by atoms with Crippen molar-refractivity contribution in [1.82, 2.24) is 14.9 Å². The number of aliphatic carboxylic acids is 1. The number of aromatic nitrogens is 2. The number of carbonyl (C=O) groups excluding carboxylic acids is 1. The van der Waals surface area contributed by atoms with E-state index >= 15 is 0 Å². The second-order valence-corrected chi connectivity index (χ2v) is 6.52. The number of nitrogens with one attached hydrogen (secondary N) is 1. The summed E-state index contributed by atoms with van der Waals surface area (Å²) < 4.78 is 46.6.